The number of alkyl halides is 1. The van der Waals surface area contributed by atoms with Gasteiger partial charge >= 0.3 is 5.97 Å². The standard InChI is InChI=1S/C21H38INO4/c1-8-10-13-20(6,9-2)16(24)12-11-15(17(25)26)23-18(27)21(7,22)14-19(3,4)5/h15H,8-14H2,1-7H3,(H,23,27)(H,25,26)/t15-,20?,21?/m0/s1. The normalized spacial score (nSPS) is 17.5. The molecule has 0 aromatic rings. The summed E-state index contributed by atoms with van der Waals surface area (Å²) in [7, 11) is 0. The van der Waals surface area contributed by atoms with Gasteiger partial charge in [0.05, 0.1) is 3.42 Å². The first-order valence-electron chi connectivity index (χ1n) is 9.94. The van der Waals surface area contributed by atoms with Gasteiger partial charge in [-0.3, -0.25) is 9.59 Å². The number of nitrogens with one attached hydrogen (secondary N) is 1. The molecular weight excluding hydrogens is 457 g/mol. The summed E-state index contributed by atoms with van der Waals surface area (Å²) in [6, 6.07) is -1.04. The molecule has 6 heteroatoms. The molecule has 2 unspecified atom stereocenters. The van der Waals surface area contributed by atoms with Gasteiger partial charge in [-0.15, -0.1) is 0 Å². The van der Waals surface area contributed by atoms with Crippen molar-refractivity contribution in [3.8, 4) is 0 Å². The van der Waals surface area contributed by atoms with Crippen LogP contribution in [0.5, 0.6) is 0 Å². The highest BCUT2D eigenvalue weighted by Gasteiger charge is 2.37. The lowest BCUT2D eigenvalue weighted by Crippen LogP contribution is -2.49. The second-order valence-electron chi connectivity index (χ2n) is 9.28. The molecule has 0 rings (SSSR count). The SMILES string of the molecule is CCCCC(C)(CC)C(=O)CC[C@H](NC(=O)C(C)(I)CC(C)(C)C)C(=O)O. The summed E-state index contributed by atoms with van der Waals surface area (Å²) in [5.41, 5.74) is -0.461. The van der Waals surface area contributed by atoms with Gasteiger partial charge in [0, 0.05) is 11.8 Å². The van der Waals surface area contributed by atoms with Crippen molar-refractivity contribution in [1.82, 2.24) is 5.32 Å². The van der Waals surface area contributed by atoms with Crippen molar-refractivity contribution in [2.45, 2.75) is 103 Å². The van der Waals surface area contributed by atoms with Crippen LogP contribution in [-0.4, -0.2) is 32.2 Å². The monoisotopic (exact) mass is 495 g/mol. The van der Waals surface area contributed by atoms with Gasteiger partial charge in [0.15, 0.2) is 0 Å². The highest BCUT2D eigenvalue weighted by atomic mass is 127. The molecule has 5 nitrogen and oxygen atoms in total. The highest BCUT2D eigenvalue weighted by Crippen LogP contribution is 2.34. The number of hydrogen-bond donors (Lipinski definition) is 2. The third-order valence-electron chi connectivity index (χ3n) is 5.13. The fraction of sp³-hybridized carbons (Fsp3) is 0.857. The number of aliphatic carboxylic acids is 1. The second kappa shape index (κ2) is 10.8. The Hall–Kier alpha value is -0.660. The van der Waals surface area contributed by atoms with Crippen molar-refractivity contribution >= 4 is 40.3 Å². The number of rotatable bonds is 12. The maximum atomic E-state index is 12.7. The summed E-state index contributed by atoms with van der Waals surface area (Å²) in [6.07, 6.45) is 4.50. The topological polar surface area (TPSA) is 83.5 Å². The lowest BCUT2D eigenvalue weighted by Gasteiger charge is -2.31. The minimum absolute atomic E-state index is 0.0514. The van der Waals surface area contributed by atoms with Gasteiger partial charge in [0.1, 0.15) is 11.8 Å². The minimum Gasteiger partial charge on any atom is -0.480 e. The quantitative estimate of drug-likeness (QED) is 0.290. The molecule has 2 N–H and O–H groups in total. The minimum atomic E-state index is -1.09. The molecule has 0 aromatic heterocycles. The van der Waals surface area contributed by atoms with Crippen LogP contribution < -0.4 is 5.32 Å². The van der Waals surface area contributed by atoms with Gasteiger partial charge in [0.2, 0.25) is 5.91 Å². The lowest BCUT2D eigenvalue weighted by atomic mass is 9.76. The fourth-order valence-corrected chi connectivity index (χ4v) is 4.60. The first kappa shape index (κ1) is 26.3. The van der Waals surface area contributed by atoms with Crippen molar-refractivity contribution in [3.63, 3.8) is 0 Å². The van der Waals surface area contributed by atoms with Crippen LogP contribution in [0.25, 0.3) is 0 Å². The maximum Gasteiger partial charge on any atom is 0.326 e. The first-order valence-corrected chi connectivity index (χ1v) is 11.0. The summed E-state index contributed by atoms with van der Waals surface area (Å²) >= 11 is 2.09. The second-order valence-corrected chi connectivity index (χ2v) is 11.7. The van der Waals surface area contributed by atoms with Crippen LogP contribution >= 0.6 is 22.6 Å². The Kier molecular flexibility index (Phi) is 10.5. The molecule has 0 saturated carbocycles. The van der Waals surface area contributed by atoms with Gasteiger partial charge in [-0.2, -0.15) is 0 Å². The van der Waals surface area contributed by atoms with Crippen LogP contribution in [0.15, 0.2) is 0 Å². The van der Waals surface area contributed by atoms with Crippen molar-refractivity contribution < 1.29 is 19.5 Å². The molecule has 0 spiro atoms. The predicted octanol–water partition coefficient (Wildman–Crippen LogP) is 5.14. The van der Waals surface area contributed by atoms with Crippen LogP contribution in [-0.2, 0) is 14.4 Å². The van der Waals surface area contributed by atoms with E-state index in [1.54, 1.807) is 0 Å². The summed E-state index contributed by atoms with van der Waals surface area (Å²) < 4.78 is -0.702. The van der Waals surface area contributed by atoms with Crippen molar-refractivity contribution in [3.05, 3.63) is 0 Å². The molecule has 1 amide bonds. The molecule has 0 radical (unpaired) electrons. The molecule has 3 atom stereocenters. The number of halogens is 1. The molecule has 0 aliphatic rings. The smallest absolute Gasteiger partial charge is 0.326 e. The third-order valence-corrected chi connectivity index (χ3v) is 6.01. The summed E-state index contributed by atoms with van der Waals surface area (Å²) in [5.74, 6) is -1.29. The van der Waals surface area contributed by atoms with Crippen LogP contribution in [0.1, 0.15) is 93.4 Å². The number of Topliss-reactive ketones (excluding diaryl/α,β-unsaturated/α-hetero) is 1. The van der Waals surface area contributed by atoms with Crippen molar-refractivity contribution in [2.75, 3.05) is 0 Å². The van der Waals surface area contributed by atoms with E-state index in [2.05, 4.69) is 34.8 Å². The van der Waals surface area contributed by atoms with Crippen LogP contribution in [0, 0.1) is 10.8 Å². The highest BCUT2D eigenvalue weighted by molar-refractivity contribution is 14.1. The van der Waals surface area contributed by atoms with E-state index in [4.69, 9.17) is 0 Å². The Bertz CT molecular complexity index is 525. The number of carbonyl (C=O) groups excluding carboxylic acids is 2. The zero-order valence-electron chi connectivity index (χ0n) is 18.1. The van der Waals surface area contributed by atoms with E-state index in [9.17, 15) is 19.5 Å². The Balaban J connectivity index is 4.99. The van der Waals surface area contributed by atoms with E-state index in [1.165, 1.54) is 0 Å². The Morgan fingerprint density at radius 3 is 2.04 bits per heavy atom. The fourth-order valence-electron chi connectivity index (χ4n) is 3.30. The van der Waals surface area contributed by atoms with E-state index in [1.807, 2.05) is 41.5 Å². The van der Waals surface area contributed by atoms with E-state index in [-0.39, 0.29) is 29.9 Å². The maximum absolute atomic E-state index is 12.7. The number of carboxylic acid groups (broad SMARTS) is 1. The Morgan fingerprint density at radius 1 is 1.07 bits per heavy atom. The molecule has 0 saturated heterocycles. The molecule has 158 valence electrons. The summed E-state index contributed by atoms with van der Waals surface area (Å²) in [4.78, 5) is 36.9. The van der Waals surface area contributed by atoms with Gasteiger partial charge in [-0.1, -0.05) is 77.0 Å². The number of hydrogen-bond acceptors (Lipinski definition) is 3. The Labute approximate surface area is 178 Å². The average Bonchev–Trinajstić information content (AvgIpc) is 2.53. The van der Waals surface area contributed by atoms with Crippen molar-refractivity contribution in [1.29, 1.82) is 0 Å². The number of unbranched alkanes of at least 4 members (excludes halogenated alkanes) is 1. The zero-order chi connectivity index (χ0) is 21.5. The summed E-state index contributed by atoms with van der Waals surface area (Å²) in [6.45, 7) is 14.0. The number of amides is 1. The molecule has 27 heavy (non-hydrogen) atoms. The molecule has 0 heterocycles. The average molecular weight is 495 g/mol. The van der Waals surface area contributed by atoms with E-state index in [0.29, 0.717) is 6.42 Å². The summed E-state index contributed by atoms with van der Waals surface area (Å²) in [5, 5.41) is 12.2. The third kappa shape index (κ3) is 9.39. The van der Waals surface area contributed by atoms with E-state index >= 15 is 0 Å². The largest absolute Gasteiger partial charge is 0.480 e. The molecule has 0 bridgehead atoms. The first-order chi connectivity index (χ1) is 12.2. The predicted molar refractivity (Wildman–Crippen MR) is 118 cm³/mol. The van der Waals surface area contributed by atoms with Crippen LogP contribution in [0.3, 0.4) is 0 Å². The molecule has 0 aliphatic heterocycles. The zero-order valence-corrected chi connectivity index (χ0v) is 20.2. The van der Waals surface area contributed by atoms with Crippen LogP contribution in [0.4, 0.5) is 0 Å². The Morgan fingerprint density at radius 2 is 1.63 bits per heavy atom. The van der Waals surface area contributed by atoms with Crippen LogP contribution in [0.2, 0.25) is 0 Å². The van der Waals surface area contributed by atoms with Crippen molar-refractivity contribution in [2.24, 2.45) is 10.8 Å². The van der Waals surface area contributed by atoms with Gasteiger partial charge in [0.25, 0.3) is 0 Å². The van der Waals surface area contributed by atoms with E-state index in [0.717, 1.165) is 25.7 Å². The molecular formula is C21H38INO4. The van der Waals surface area contributed by atoms with E-state index < -0.39 is 20.8 Å². The molecule has 0 fully saturated rings. The lowest BCUT2D eigenvalue weighted by molar-refractivity contribution is -0.142. The molecule has 0 aliphatic carbocycles. The number of carbonyl (C=O) groups is 3. The number of ketones is 1. The number of carboxylic acids is 1. The van der Waals surface area contributed by atoms with Gasteiger partial charge < -0.3 is 10.4 Å². The van der Waals surface area contributed by atoms with Gasteiger partial charge in [-0.05, 0) is 38.0 Å². The molecule has 0 aromatic carbocycles. The van der Waals surface area contributed by atoms with Gasteiger partial charge in [-0.25, -0.2) is 4.79 Å².